The highest BCUT2D eigenvalue weighted by atomic mass is 16.5. The Balaban J connectivity index is 2.00. The predicted octanol–water partition coefficient (Wildman–Crippen LogP) is 3.64. The Morgan fingerprint density at radius 3 is 2.84 bits per heavy atom. The van der Waals surface area contributed by atoms with Crippen LogP contribution in [0.3, 0.4) is 0 Å². The minimum atomic E-state index is 0.713. The van der Waals surface area contributed by atoms with E-state index in [2.05, 4.69) is 52.8 Å². The van der Waals surface area contributed by atoms with Crippen LogP contribution in [-0.2, 0) is 0 Å². The number of aromatic amines is 1. The van der Waals surface area contributed by atoms with Crippen LogP contribution in [0.2, 0.25) is 0 Å². The van der Waals surface area contributed by atoms with Crippen LogP contribution in [0.5, 0.6) is 5.75 Å². The number of hydrogen-bond acceptors (Lipinski definition) is 2. The van der Waals surface area contributed by atoms with Crippen molar-refractivity contribution in [3.63, 3.8) is 0 Å². The molecular formula is C16H14N2O. The van der Waals surface area contributed by atoms with Crippen LogP contribution in [0, 0.1) is 0 Å². The Kier molecular flexibility index (Phi) is 2.24. The zero-order chi connectivity index (χ0) is 12.7. The minimum absolute atomic E-state index is 0.713. The fraction of sp³-hybridized carbons (Fsp3) is 0.125. The second kappa shape index (κ2) is 4.05. The zero-order valence-electron chi connectivity index (χ0n) is 10.4. The normalized spacial score (nSPS) is 13.7. The molecule has 2 heterocycles. The number of H-pyrrole nitrogens is 1. The summed E-state index contributed by atoms with van der Waals surface area (Å²) in [5, 5.41) is 4.60. The number of benzene rings is 2. The van der Waals surface area contributed by atoms with Gasteiger partial charge in [-0.05, 0) is 17.5 Å². The van der Waals surface area contributed by atoms with E-state index < -0.39 is 0 Å². The van der Waals surface area contributed by atoms with Crippen LogP contribution in [-0.4, -0.2) is 18.1 Å². The van der Waals surface area contributed by atoms with Gasteiger partial charge in [0.2, 0.25) is 0 Å². The van der Waals surface area contributed by atoms with Gasteiger partial charge in [-0.25, -0.2) is 0 Å². The highest BCUT2D eigenvalue weighted by Gasteiger charge is 2.16. The van der Waals surface area contributed by atoms with E-state index in [4.69, 9.17) is 4.74 Å². The molecule has 0 radical (unpaired) electrons. The fourth-order valence-electron chi connectivity index (χ4n) is 2.69. The summed E-state index contributed by atoms with van der Waals surface area (Å²) >= 11 is 0. The van der Waals surface area contributed by atoms with Gasteiger partial charge in [0, 0.05) is 23.9 Å². The maximum atomic E-state index is 5.86. The number of para-hydroxylation sites is 2. The SMILES string of the molecule is c1cc2c(c(-c3cccc4cc[nH]c34)c1)OCCN2. The van der Waals surface area contributed by atoms with Gasteiger partial charge in [0.05, 0.1) is 11.2 Å². The first-order valence-electron chi connectivity index (χ1n) is 6.50. The molecular weight excluding hydrogens is 236 g/mol. The molecule has 0 aliphatic carbocycles. The van der Waals surface area contributed by atoms with Crippen LogP contribution in [0.4, 0.5) is 5.69 Å². The van der Waals surface area contributed by atoms with E-state index in [9.17, 15) is 0 Å². The Bertz CT molecular complexity index is 745. The summed E-state index contributed by atoms with van der Waals surface area (Å²) in [4.78, 5) is 3.32. The minimum Gasteiger partial charge on any atom is -0.489 e. The van der Waals surface area contributed by atoms with Crippen molar-refractivity contribution in [2.45, 2.75) is 0 Å². The largest absolute Gasteiger partial charge is 0.489 e. The van der Waals surface area contributed by atoms with Crippen molar-refractivity contribution < 1.29 is 4.74 Å². The van der Waals surface area contributed by atoms with Gasteiger partial charge in [0.25, 0.3) is 0 Å². The van der Waals surface area contributed by atoms with Crippen LogP contribution in [0.25, 0.3) is 22.0 Å². The summed E-state index contributed by atoms with van der Waals surface area (Å²) < 4.78 is 5.86. The Morgan fingerprint density at radius 1 is 0.947 bits per heavy atom. The molecule has 0 amide bonds. The average molecular weight is 250 g/mol. The molecule has 0 saturated carbocycles. The van der Waals surface area contributed by atoms with Crippen molar-refractivity contribution >= 4 is 16.6 Å². The van der Waals surface area contributed by atoms with Crippen LogP contribution < -0.4 is 10.1 Å². The molecule has 3 aromatic rings. The number of rotatable bonds is 1. The van der Waals surface area contributed by atoms with Gasteiger partial charge in [0.15, 0.2) is 0 Å². The third kappa shape index (κ3) is 1.58. The molecule has 4 rings (SSSR count). The summed E-state index contributed by atoms with van der Waals surface area (Å²) in [7, 11) is 0. The Hall–Kier alpha value is -2.42. The lowest BCUT2D eigenvalue weighted by Gasteiger charge is -2.22. The summed E-state index contributed by atoms with van der Waals surface area (Å²) in [6.45, 7) is 1.58. The second-order valence-electron chi connectivity index (χ2n) is 4.70. The molecule has 0 bridgehead atoms. The highest BCUT2D eigenvalue weighted by Crippen LogP contribution is 2.40. The lowest BCUT2D eigenvalue weighted by molar-refractivity contribution is 0.324. The van der Waals surface area contributed by atoms with E-state index in [1.165, 1.54) is 10.9 Å². The number of hydrogen-bond donors (Lipinski definition) is 2. The van der Waals surface area contributed by atoms with E-state index in [0.29, 0.717) is 6.61 Å². The molecule has 2 aromatic carbocycles. The predicted molar refractivity (Wildman–Crippen MR) is 77.7 cm³/mol. The van der Waals surface area contributed by atoms with Gasteiger partial charge in [-0.1, -0.05) is 30.3 Å². The van der Waals surface area contributed by atoms with E-state index in [1.807, 2.05) is 6.20 Å². The fourth-order valence-corrected chi connectivity index (χ4v) is 2.69. The lowest BCUT2D eigenvalue weighted by atomic mass is 10.0. The maximum Gasteiger partial charge on any atom is 0.150 e. The molecule has 1 aliphatic rings. The van der Waals surface area contributed by atoms with E-state index in [-0.39, 0.29) is 0 Å². The smallest absolute Gasteiger partial charge is 0.150 e. The van der Waals surface area contributed by atoms with E-state index in [0.717, 1.165) is 29.1 Å². The third-order valence-corrected chi connectivity index (χ3v) is 3.56. The average Bonchev–Trinajstić information content (AvgIpc) is 2.95. The molecule has 0 fully saturated rings. The maximum absolute atomic E-state index is 5.86. The summed E-state index contributed by atoms with van der Waals surface area (Å²) in [5.74, 6) is 0.954. The van der Waals surface area contributed by atoms with Gasteiger partial charge in [0.1, 0.15) is 12.4 Å². The van der Waals surface area contributed by atoms with Crippen molar-refractivity contribution in [2.24, 2.45) is 0 Å². The molecule has 94 valence electrons. The summed E-state index contributed by atoms with van der Waals surface area (Å²) in [6.07, 6.45) is 1.97. The third-order valence-electron chi connectivity index (χ3n) is 3.56. The van der Waals surface area contributed by atoms with Gasteiger partial charge < -0.3 is 15.0 Å². The molecule has 0 atom stereocenters. The lowest BCUT2D eigenvalue weighted by Crippen LogP contribution is -2.18. The quantitative estimate of drug-likeness (QED) is 0.692. The first-order chi connectivity index (χ1) is 9.43. The van der Waals surface area contributed by atoms with Crippen molar-refractivity contribution in [2.75, 3.05) is 18.5 Å². The van der Waals surface area contributed by atoms with Gasteiger partial charge >= 0.3 is 0 Å². The van der Waals surface area contributed by atoms with Crippen LogP contribution >= 0.6 is 0 Å². The number of nitrogens with one attached hydrogen (secondary N) is 2. The van der Waals surface area contributed by atoms with Crippen LogP contribution in [0.15, 0.2) is 48.7 Å². The molecule has 1 aromatic heterocycles. The standard InChI is InChI=1S/C16H14N2O/c1-3-11-7-8-18-15(11)12(4-1)13-5-2-6-14-16(13)19-10-9-17-14/h1-8,17-18H,9-10H2. The molecule has 0 spiro atoms. The van der Waals surface area contributed by atoms with Crippen molar-refractivity contribution in [3.05, 3.63) is 48.7 Å². The first-order valence-corrected chi connectivity index (χ1v) is 6.50. The van der Waals surface area contributed by atoms with E-state index >= 15 is 0 Å². The molecule has 19 heavy (non-hydrogen) atoms. The Morgan fingerprint density at radius 2 is 1.84 bits per heavy atom. The van der Waals surface area contributed by atoms with Gasteiger partial charge in [-0.15, -0.1) is 0 Å². The molecule has 3 nitrogen and oxygen atoms in total. The monoisotopic (exact) mass is 250 g/mol. The number of anilines is 1. The zero-order valence-corrected chi connectivity index (χ0v) is 10.4. The number of fused-ring (bicyclic) bond motifs is 2. The van der Waals surface area contributed by atoms with E-state index in [1.54, 1.807) is 0 Å². The molecule has 2 N–H and O–H groups in total. The van der Waals surface area contributed by atoms with Crippen molar-refractivity contribution in [3.8, 4) is 16.9 Å². The summed E-state index contributed by atoms with van der Waals surface area (Å²) in [5.41, 5.74) is 4.55. The second-order valence-corrected chi connectivity index (χ2v) is 4.70. The van der Waals surface area contributed by atoms with Crippen molar-refractivity contribution in [1.29, 1.82) is 0 Å². The topological polar surface area (TPSA) is 37.0 Å². The Labute approximate surface area is 111 Å². The number of aromatic nitrogens is 1. The first kappa shape index (κ1) is 10.5. The molecule has 3 heteroatoms. The molecule has 0 unspecified atom stereocenters. The molecule has 0 saturated heterocycles. The highest BCUT2D eigenvalue weighted by molar-refractivity contribution is 5.96. The van der Waals surface area contributed by atoms with Gasteiger partial charge in [-0.3, -0.25) is 0 Å². The van der Waals surface area contributed by atoms with Crippen molar-refractivity contribution in [1.82, 2.24) is 4.98 Å². The molecule has 1 aliphatic heterocycles. The van der Waals surface area contributed by atoms with Gasteiger partial charge in [-0.2, -0.15) is 0 Å². The van der Waals surface area contributed by atoms with Crippen LogP contribution in [0.1, 0.15) is 0 Å². The summed E-state index contributed by atoms with van der Waals surface area (Å²) in [6, 6.07) is 14.7. The number of ether oxygens (including phenoxy) is 1.